The second-order valence-electron chi connectivity index (χ2n) is 3.68. The van der Waals surface area contributed by atoms with Gasteiger partial charge in [-0.05, 0) is 19.1 Å². The summed E-state index contributed by atoms with van der Waals surface area (Å²) in [5.74, 6) is 0.499. The molecule has 0 saturated heterocycles. The molecule has 0 aliphatic carbocycles. The van der Waals surface area contributed by atoms with Gasteiger partial charge in [0.05, 0.1) is 24.7 Å². The zero-order valence-electron chi connectivity index (χ0n) is 10.1. The van der Waals surface area contributed by atoms with Crippen molar-refractivity contribution in [2.75, 3.05) is 6.54 Å². The number of hydrogen-bond acceptors (Lipinski definition) is 5. The molecule has 0 fully saturated rings. The van der Waals surface area contributed by atoms with Crippen LogP contribution in [-0.2, 0) is 0 Å². The van der Waals surface area contributed by atoms with Crippen LogP contribution < -0.4 is 16.3 Å². The minimum Gasteiger partial charge on any atom is -0.463 e. The van der Waals surface area contributed by atoms with Gasteiger partial charge in [0.25, 0.3) is 0 Å². The summed E-state index contributed by atoms with van der Waals surface area (Å²) in [5.41, 5.74) is 7.44. The van der Waals surface area contributed by atoms with Crippen LogP contribution in [0, 0.1) is 0 Å². The van der Waals surface area contributed by atoms with E-state index in [2.05, 4.69) is 26.5 Å². The minimum absolute atomic E-state index is 0.209. The molecule has 0 saturated carbocycles. The largest absolute Gasteiger partial charge is 0.463 e. The smallest absolute Gasteiger partial charge is 0.356 e. The van der Waals surface area contributed by atoms with Crippen molar-refractivity contribution >= 4 is 24.0 Å². The molecular weight excluding hydrogens is 252 g/mol. The van der Waals surface area contributed by atoms with Crippen LogP contribution in [0.1, 0.15) is 12.7 Å². The number of nitrogens with zero attached hydrogens (tertiary/aromatic N) is 3. The monoisotopic (exact) mass is 264 g/mol. The molecule has 9 nitrogen and oxygen atoms in total. The zero-order valence-corrected chi connectivity index (χ0v) is 10.1. The van der Waals surface area contributed by atoms with Crippen LogP contribution >= 0.6 is 0 Å². The van der Waals surface area contributed by atoms with Gasteiger partial charge in [-0.15, -0.1) is 0 Å². The Kier molecular flexibility index (Phi) is 3.76. The Morgan fingerprint density at radius 2 is 2.53 bits per heavy atom. The first-order valence-corrected chi connectivity index (χ1v) is 5.39. The van der Waals surface area contributed by atoms with Crippen LogP contribution in [0.3, 0.4) is 0 Å². The van der Waals surface area contributed by atoms with Crippen LogP contribution in [-0.4, -0.2) is 35.5 Å². The van der Waals surface area contributed by atoms with Gasteiger partial charge in [0.1, 0.15) is 5.76 Å². The van der Waals surface area contributed by atoms with E-state index in [1.54, 1.807) is 19.1 Å². The molecule has 100 valence electrons. The Labute approximate surface area is 108 Å². The van der Waals surface area contributed by atoms with Crippen LogP contribution in [0.5, 0.6) is 0 Å². The third kappa shape index (κ3) is 3.56. The van der Waals surface area contributed by atoms with Gasteiger partial charge in [0.15, 0.2) is 0 Å². The van der Waals surface area contributed by atoms with Crippen LogP contribution in [0.2, 0.25) is 0 Å². The van der Waals surface area contributed by atoms with Crippen molar-refractivity contribution in [3.8, 4) is 0 Å². The molecule has 2 rings (SSSR count). The number of urea groups is 2. The van der Waals surface area contributed by atoms with Crippen molar-refractivity contribution < 1.29 is 14.0 Å². The molecule has 0 spiro atoms. The molecule has 19 heavy (non-hydrogen) atoms. The number of carbonyl (C=O) groups is 2. The molecule has 1 aliphatic heterocycles. The molecule has 0 aromatic carbocycles. The Bertz CT molecular complexity index is 521. The van der Waals surface area contributed by atoms with E-state index in [4.69, 9.17) is 4.42 Å². The van der Waals surface area contributed by atoms with E-state index in [1.165, 1.54) is 12.5 Å². The van der Waals surface area contributed by atoms with E-state index in [9.17, 15) is 9.59 Å². The molecule has 9 heteroatoms. The first kappa shape index (κ1) is 12.6. The highest BCUT2D eigenvalue weighted by atomic mass is 16.3. The summed E-state index contributed by atoms with van der Waals surface area (Å²) < 4.78 is 4.99. The quantitative estimate of drug-likeness (QED) is 0.536. The maximum atomic E-state index is 11.5. The highest BCUT2D eigenvalue weighted by molar-refractivity contribution is 5.92. The number of nitrogens with one attached hydrogen (secondary N) is 3. The zero-order chi connectivity index (χ0) is 13.7. The molecule has 1 aliphatic rings. The van der Waals surface area contributed by atoms with Gasteiger partial charge in [0.2, 0.25) is 0 Å². The summed E-state index contributed by atoms with van der Waals surface area (Å²) in [6.07, 6.45) is 2.82. The van der Waals surface area contributed by atoms with Gasteiger partial charge in [0, 0.05) is 0 Å². The third-order valence-electron chi connectivity index (χ3n) is 2.11. The van der Waals surface area contributed by atoms with Crippen LogP contribution in [0.4, 0.5) is 9.59 Å². The lowest BCUT2D eigenvalue weighted by molar-refractivity contribution is 0.173. The predicted molar refractivity (Wildman–Crippen MR) is 66.3 cm³/mol. The molecular formula is C10H12N6O3. The van der Waals surface area contributed by atoms with Gasteiger partial charge < -0.3 is 4.42 Å². The Morgan fingerprint density at radius 1 is 1.68 bits per heavy atom. The summed E-state index contributed by atoms with van der Waals surface area (Å²) in [7, 11) is 0. The van der Waals surface area contributed by atoms with Crippen molar-refractivity contribution in [3.63, 3.8) is 0 Å². The Morgan fingerprint density at radius 3 is 3.26 bits per heavy atom. The number of hydrazone groups is 2. The molecule has 1 aromatic heterocycles. The minimum atomic E-state index is -0.646. The molecule has 4 amide bonds. The molecule has 0 radical (unpaired) electrons. The van der Waals surface area contributed by atoms with Crippen molar-refractivity contribution in [2.24, 2.45) is 10.2 Å². The second kappa shape index (κ2) is 5.67. The van der Waals surface area contributed by atoms with Gasteiger partial charge in [-0.25, -0.2) is 30.9 Å². The summed E-state index contributed by atoms with van der Waals surface area (Å²) in [6.45, 7) is 1.93. The lowest BCUT2D eigenvalue weighted by Gasteiger charge is -2.25. The van der Waals surface area contributed by atoms with E-state index in [1.807, 2.05) is 0 Å². The van der Waals surface area contributed by atoms with E-state index >= 15 is 0 Å². The number of rotatable bonds is 3. The SMILES string of the molecule is CC1=NNC(=O)N(NC(=O)N/N=C/c2ccco2)C1. The summed E-state index contributed by atoms with van der Waals surface area (Å²) >= 11 is 0. The fraction of sp³-hybridized carbons (Fsp3) is 0.200. The van der Waals surface area contributed by atoms with Gasteiger partial charge >= 0.3 is 12.1 Å². The first-order chi connectivity index (χ1) is 9.15. The van der Waals surface area contributed by atoms with E-state index in [0.717, 1.165) is 5.01 Å². The average molecular weight is 264 g/mol. The number of furan rings is 1. The Hall–Kier alpha value is -2.84. The highest BCUT2D eigenvalue weighted by Crippen LogP contribution is 1.95. The predicted octanol–water partition coefficient (Wildman–Crippen LogP) is 0.229. The lowest BCUT2D eigenvalue weighted by Crippen LogP contribution is -2.55. The molecule has 0 atom stereocenters. The number of hydrogen-bond donors (Lipinski definition) is 3. The first-order valence-electron chi connectivity index (χ1n) is 5.39. The number of carbonyl (C=O) groups excluding carboxylic acids is 2. The number of hydrazine groups is 1. The van der Waals surface area contributed by atoms with E-state index in [0.29, 0.717) is 11.5 Å². The summed E-state index contributed by atoms with van der Waals surface area (Å²) in [4.78, 5) is 22.8. The van der Waals surface area contributed by atoms with Crippen molar-refractivity contribution in [2.45, 2.75) is 6.92 Å². The fourth-order valence-electron chi connectivity index (χ4n) is 1.30. The Balaban J connectivity index is 1.81. The summed E-state index contributed by atoms with van der Waals surface area (Å²) in [6, 6.07) is 2.21. The standard InChI is InChI=1S/C10H12N6O3/c1-7-6-16(10(18)14-12-7)15-9(17)13-11-5-8-3-2-4-19-8/h2-5H,6H2,1H3,(H,14,18)(H2,13,15,17)/b11-5+. The topological polar surface area (TPSA) is 111 Å². The molecule has 1 aromatic rings. The number of amides is 4. The van der Waals surface area contributed by atoms with E-state index in [-0.39, 0.29) is 6.54 Å². The maximum Gasteiger partial charge on any atom is 0.356 e. The summed E-state index contributed by atoms with van der Waals surface area (Å²) in [5, 5.41) is 8.46. The van der Waals surface area contributed by atoms with Gasteiger partial charge in [-0.2, -0.15) is 10.2 Å². The van der Waals surface area contributed by atoms with Gasteiger partial charge in [-0.3, -0.25) is 0 Å². The molecule has 3 N–H and O–H groups in total. The second-order valence-corrected chi connectivity index (χ2v) is 3.68. The third-order valence-corrected chi connectivity index (χ3v) is 2.11. The highest BCUT2D eigenvalue weighted by Gasteiger charge is 2.20. The van der Waals surface area contributed by atoms with Crippen LogP contribution in [0.25, 0.3) is 0 Å². The molecule has 2 heterocycles. The van der Waals surface area contributed by atoms with Crippen LogP contribution in [0.15, 0.2) is 33.0 Å². The fourth-order valence-corrected chi connectivity index (χ4v) is 1.30. The normalized spacial score (nSPS) is 15.1. The van der Waals surface area contributed by atoms with Crippen molar-refractivity contribution in [3.05, 3.63) is 24.2 Å². The average Bonchev–Trinajstić information content (AvgIpc) is 2.87. The van der Waals surface area contributed by atoms with Gasteiger partial charge in [-0.1, -0.05) is 0 Å². The molecule has 0 bridgehead atoms. The van der Waals surface area contributed by atoms with Crippen molar-refractivity contribution in [1.29, 1.82) is 0 Å². The lowest BCUT2D eigenvalue weighted by atomic mass is 10.4. The molecule has 0 unspecified atom stereocenters. The van der Waals surface area contributed by atoms with E-state index < -0.39 is 12.1 Å². The maximum absolute atomic E-state index is 11.5. The van der Waals surface area contributed by atoms with Crippen molar-refractivity contribution in [1.82, 2.24) is 21.3 Å².